The van der Waals surface area contributed by atoms with Crippen molar-refractivity contribution < 1.29 is 9.53 Å². The highest BCUT2D eigenvalue weighted by Crippen LogP contribution is 2.22. The summed E-state index contributed by atoms with van der Waals surface area (Å²) in [5, 5.41) is 10.4. The number of thiophene rings is 1. The van der Waals surface area contributed by atoms with Crippen LogP contribution >= 0.6 is 22.9 Å². The first kappa shape index (κ1) is 10.0. The minimum Gasteiger partial charge on any atom is -0.443 e. The molecule has 68 valence electrons. The molecule has 1 aromatic rings. The zero-order chi connectivity index (χ0) is 9.84. The highest BCUT2D eigenvalue weighted by molar-refractivity contribution is 7.12. The molecule has 0 amide bonds. The first-order valence-corrected chi connectivity index (χ1v) is 4.74. The number of hydrogen-bond donors (Lipinski definition) is 0. The van der Waals surface area contributed by atoms with Crippen LogP contribution < -0.4 is 0 Å². The molecule has 1 aromatic heterocycles. The summed E-state index contributed by atoms with van der Waals surface area (Å²) in [7, 11) is 0. The first-order valence-electron chi connectivity index (χ1n) is 3.48. The normalized spacial score (nSPS) is 11.8. The molecule has 0 aliphatic rings. The Morgan fingerprint density at radius 1 is 1.85 bits per heavy atom. The summed E-state index contributed by atoms with van der Waals surface area (Å²) >= 11 is 6.88. The molecule has 1 rings (SSSR count). The molecule has 0 saturated heterocycles. The van der Waals surface area contributed by atoms with Crippen LogP contribution in [0.15, 0.2) is 11.4 Å². The minimum absolute atomic E-state index is 0.337. The average molecular weight is 216 g/mol. The summed E-state index contributed by atoms with van der Waals surface area (Å²) in [6.07, 6.45) is -0.745. The highest BCUT2D eigenvalue weighted by Gasteiger charge is 2.15. The van der Waals surface area contributed by atoms with Gasteiger partial charge in [0, 0.05) is 0 Å². The van der Waals surface area contributed by atoms with Crippen molar-refractivity contribution in [3.05, 3.63) is 21.3 Å². The fraction of sp³-hybridized carbons (Fsp3) is 0.250. The molecule has 0 aromatic carbocycles. The molecule has 0 saturated carbocycles. The molecular weight excluding hydrogens is 210 g/mol. The number of carbonyl (C=O) groups is 1. The van der Waals surface area contributed by atoms with Crippen LogP contribution in [-0.4, -0.2) is 12.1 Å². The predicted octanol–water partition coefficient (Wildman–Crippen LogP) is 2.47. The fourth-order valence-corrected chi connectivity index (χ4v) is 1.69. The summed E-state index contributed by atoms with van der Waals surface area (Å²) < 4.78 is 4.75. The van der Waals surface area contributed by atoms with Crippen molar-refractivity contribution in [1.29, 1.82) is 5.26 Å². The van der Waals surface area contributed by atoms with Gasteiger partial charge in [0.25, 0.3) is 0 Å². The second-order valence-corrected chi connectivity index (χ2v) is 3.60. The molecule has 0 bridgehead atoms. The van der Waals surface area contributed by atoms with Gasteiger partial charge >= 0.3 is 5.97 Å². The molecule has 0 aliphatic carbocycles. The SMILES string of the molecule is CC(C#N)OC(=O)c1sccc1Cl. The van der Waals surface area contributed by atoms with Crippen LogP contribution in [0.2, 0.25) is 5.02 Å². The molecule has 0 aliphatic heterocycles. The Hall–Kier alpha value is -1.05. The van der Waals surface area contributed by atoms with E-state index < -0.39 is 12.1 Å². The van der Waals surface area contributed by atoms with Crippen molar-refractivity contribution in [3.63, 3.8) is 0 Å². The Bertz CT molecular complexity index is 355. The molecule has 3 nitrogen and oxygen atoms in total. The number of esters is 1. The van der Waals surface area contributed by atoms with Crippen molar-refractivity contribution in [2.45, 2.75) is 13.0 Å². The Morgan fingerprint density at radius 2 is 2.54 bits per heavy atom. The van der Waals surface area contributed by atoms with Crippen molar-refractivity contribution in [2.24, 2.45) is 0 Å². The number of nitriles is 1. The summed E-state index contributed by atoms with van der Waals surface area (Å²) in [6, 6.07) is 3.41. The average Bonchev–Trinajstić information content (AvgIpc) is 2.51. The van der Waals surface area contributed by atoms with Gasteiger partial charge in [-0.15, -0.1) is 11.3 Å². The van der Waals surface area contributed by atoms with Crippen molar-refractivity contribution in [3.8, 4) is 6.07 Å². The van der Waals surface area contributed by atoms with Gasteiger partial charge in [0.15, 0.2) is 6.10 Å². The van der Waals surface area contributed by atoms with Gasteiger partial charge in [0.2, 0.25) is 0 Å². The molecule has 0 N–H and O–H groups in total. The van der Waals surface area contributed by atoms with Gasteiger partial charge < -0.3 is 4.74 Å². The second-order valence-electron chi connectivity index (χ2n) is 2.27. The lowest BCUT2D eigenvalue weighted by molar-refractivity contribution is 0.0441. The lowest BCUT2D eigenvalue weighted by Gasteiger charge is -2.03. The predicted molar refractivity (Wildman–Crippen MR) is 49.8 cm³/mol. The van der Waals surface area contributed by atoms with Gasteiger partial charge in [-0.25, -0.2) is 4.79 Å². The van der Waals surface area contributed by atoms with E-state index in [1.54, 1.807) is 17.5 Å². The van der Waals surface area contributed by atoms with Crippen LogP contribution in [0.3, 0.4) is 0 Å². The molecule has 1 heterocycles. The standard InChI is InChI=1S/C8H6ClNO2S/c1-5(4-10)12-8(11)7-6(9)2-3-13-7/h2-3,5H,1H3. The lowest BCUT2D eigenvalue weighted by Crippen LogP contribution is -2.12. The van der Waals surface area contributed by atoms with E-state index in [9.17, 15) is 4.79 Å². The fourth-order valence-electron chi connectivity index (χ4n) is 0.680. The van der Waals surface area contributed by atoms with Gasteiger partial charge in [0.1, 0.15) is 10.9 Å². The molecular formula is C8H6ClNO2S. The van der Waals surface area contributed by atoms with E-state index in [1.165, 1.54) is 18.3 Å². The molecule has 13 heavy (non-hydrogen) atoms. The van der Waals surface area contributed by atoms with Crippen molar-refractivity contribution >= 4 is 28.9 Å². The van der Waals surface area contributed by atoms with Crippen molar-refractivity contribution in [2.75, 3.05) is 0 Å². The van der Waals surface area contributed by atoms with Crippen LogP contribution in [0, 0.1) is 11.3 Å². The van der Waals surface area contributed by atoms with Crippen molar-refractivity contribution in [1.82, 2.24) is 0 Å². The summed E-state index contributed by atoms with van der Waals surface area (Å²) in [4.78, 5) is 11.6. The summed E-state index contributed by atoms with van der Waals surface area (Å²) in [5.74, 6) is -0.547. The van der Waals surface area contributed by atoms with Gasteiger partial charge in [-0.2, -0.15) is 5.26 Å². The lowest BCUT2D eigenvalue weighted by atomic mass is 10.4. The van der Waals surface area contributed by atoms with Crippen LogP contribution in [0.1, 0.15) is 16.6 Å². The molecule has 5 heteroatoms. The number of hydrogen-bond acceptors (Lipinski definition) is 4. The van der Waals surface area contributed by atoms with E-state index in [2.05, 4.69) is 0 Å². The minimum atomic E-state index is -0.745. The smallest absolute Gasteiger partial charge is 0.351 e. The third kappa shape index (κ3) is 2.44. The van der Waals surface area contributed by atoms with Gasteiger partial charge in [-0.05, 0) is 18.4 Å². The molecule has 0 spiro atoms. The first-order chi connectivity index (χ1) is 6.15. The van der Waals surface area contributed by atoms with Crippen LogP contribution in [0.25, 0.3) is 0 Å². The van der Waals surface area contributed by atoms with Crippen LogP contribution in [0.4, 0.5) is 0 Å². The third-order valence-electron chi connectivity index (χ3n) is 1.27. The monoisotopic (exact) mass is 215 g/mol. The summed E-state index contributed by atoms with van der Waals surface area (Å²) in [6.45, 7) is 1.50. The Balaban J connectivity index is 2.71. The van der Waals surface area contributed by atoms with E-state index in [0.29, 0.717) is 9.90 Å². The Kier molecular flexibility index (Phi) is 3.29. The molecule has 0 radical (unpaired) electrons. The maximum Gasteiger partial charge on any atom is 0.351 e. The largest absolute Gasteiger partial charge is 0.443 e. The quantitative estimate of drug-likeness (QED) is 0.713. The van der Waals surface area contributed by atoms with E-state index in [-0.39, 0.29) is 0 Å². The second kappa shape index (κ2) is 4.26. The third-order valence-corrected chi connectivity index (χ3v) is 2.59. The van der Waals surface area contributed by atoms with Crippen LogP contribution in [0.5, 0.6) is 0 Å². The van der Waals surface area contributed by atoms with E-state index >= 15 is 0 Å². The number of nitrogens with zero attached hydrogens (tertiary/aromatic N) is 1. The Labute approximate surface area is 84.5 Å². The molecule has 0 fully saturated rings. The zero-order valence-corrected chi connectivity index (χ0v) is 8.35. The van der Waals surface area contributed by atoms with Crippen LogP contribution in [-0.2, 0) is 4.74 Å². The number of halogens is 1. The van der Waals surface area contributed by atoms with Gasteiger partial charge in [-0.1, -0.05) is 11.6 Å². The number of carbonyl (C=O) groups excluding carboxylic acids is 1. The topological polar surface area (TPSA) is 50.1 Å². The van der Waals surface area contributed by atoms with E-state index in [0.717, 1.165) is 0 Å². The maximum atomic E-state index is 11.2. The Morgan fingerprint density at radius 3 is 3.00 bits per heavy atom. The van der Waals surface area contributed by atoms with Gasteiger partial charge in [-0.3, -0.25) is 0 Å². The van der Waals surface area contributed by atoms with E-state index in [4.69, 9.17) is 21.6 Å². The molecule has 1 atom stereocenters. The highest BCUT2D eigenvalue weighted by atomic mass is 35.5. The molecule has 1 unspecified atom stereocenters. The van der Waals surface area contributed by atoms with E-state index in [1.807, 2.05) is 0 Å². The number of ether oxygens (including phenoxy) is 1. The number of rotatable bonds is 2. The zero-order valence-electron chi connectivity index (χ0n) is 6.78. The maximum absolute atomic E-state index is 11.2. The summed E-state index contributed by atoms with van der Waals surface area (Å²) in [5.41, 5.74) is 0. The van der Waals surface area contributed by atoms with Gasteiger partial charge in [0.05, 0.1) is 5.02 Å².